The van der Waals surface area contributed by atoms with Crippen LogP contribution < -0.4 is 4.74 Å². The zero-order chi connectivity index (χ0) is 22.1. The van der Waals surface area contributed by atoms with Gasteiger partial charge in [-0.15, -0.1) is 0 Å². The molecule has 10 heteroatoms. The van der Waals surface area contributed by atoms with Gasteiger partial charge in [0.05, 0.1) is 37.7 Å². The summed E-state index contributed by atoms with van der Waals surface area (Å²) in [6.07, 6.45) is 4.49. The highest BCUT2D eigenvalue weighted by molar-refractivity contribution is 5.88. The topological polar surface area (TPSA) is 97.0 Å². The number of hydrogen-bond acceptors (Lipinski definition) is 7. The van der Waals surface area contributed by atoms with E-state index in [1.165, 1.54) is 30.3 Å². The summed E-state index contributed by atoms with van der Waals surface area (Å²) >= 11 is 0. The number of carbonyl (C=O) groups excluding carboxylic acids is 1. The highest BCUT2D eigenvalue weighted by Gasteiger charge is 2.21. The molecule has 4 aromatic rings. The second-order valence-corrected chi connectivity index (χ2v) is 6.93. The normalized spacial score (nSPS) is 12.2. The first kappa shape index (κ1) is 20.5. The minimum Gasteiger partial charge on any atom is -0.479 e. The largest absolute Gasteiger partial charge is 0.479 e. The molecule has 0 fully saturated rings. The standard InChI is InChI=1S/C21H21FN6O3/c1-5-31-20(29)15-9-23-27(11-15)21-25-17-10-24-28(18(17)19(26-21)30-4)13(3)14-6-7-16(22)12(2)8-14/h6-11,13H,5H2,1-4H3. The summed E-state index contributed by atoms with van der Waals surface area (Å²) in [6, 6.07) is 4.75. The maximum Gasteiger partial charge on any atom is 0.341 e. The van der Waals surface area contributed by atoms with Crippen LogP contribution >= 0.6 is 0 Å². The van der Waals surface area contributed by atoms with Gasteiger partial charge in [-0.05, 0) is 38.0 Å². The number of esters is 1. The molecular weight excluding hydrogens is 403 g/mol. The van der Waals surface area contributed by atoms with Gasteiger partial charge < -0.3 is 9.47 Å². The fourth-order valence-electron chi connectivity index (χ4n) is 3.28. The molecule has 0 N–H and O–H groups in total. The van der Waals surface area contributed by atoms with Crippen molar-refractivity contribution in [2.45, 2.75) is 26.8 Å². The van der Waals surface area contributed by atoms with E-state index in [0.717, 1.165) is 5.56 Å². The molecule has 0 aliphatic heterocycles. The van der Waals surface area contributed by atoms with Gasteiger partial charge in [0.15, 0.2) is 0 Å². The molecule has 0 aliphatic rings. The van der Waals surface area contributed by atoms with Crippen molar-refractivity contribution in [3.63, 3.8) is 0 Å². The number of aryl methyl sites for hydroxylation is 1. The van der Waals surface area contributed by atoms with Crippen molar-refractivity contribution in [2.24, 2.45) is 0 Å². The molecule has 1 atom stereocenters. The lowest BCUT2D eigenvalue weighted by Crippen LogP contribution is -2.11. The van der Waals surface area contributed by atoms with Gasteiger partial charge in [-0.1, -0.05) is 12.1 Å². The second-order valence-electron chi connectivity index (χ2n) is 6.93. The van der Waals surface area contributed by atoms with Gasteiger partial charge in [-0.25, -0.2) is 18.9 Å². The lowest BCUT2D eigenvalue weighted by Gasteiger charge is -2.16. The maximum absolute atomic E-state index is 13.7. The van der Waals surface area contributed by atoms with Crippen molar-refractivity contribution in [3.8, 4) is 11.8 Å². The lowest BCUT2D eigenvalue weighted by molar-refractivity contribution is 0.0526. The van der Waals surface area contributed by atoms with E-state index in [4.69, 9.17) is 9.47 Å². The first-order valence-corrected chi connectivity index (χ1v) is 9.70. The predicted molar refractivity (Wildman–Crippen MR) is 110 cm³/mol. The molecule has 0 aliphatic carbocycles. The average Bonchev–Trinajstić information content (AvgIpc) is 3.42. The first-order chi connectivity index (χ1) is 14.9. The molecule has 4 rings (SSSR count). The van der Waals surface area contributed by atoms with Crippen LogP contribution in [-0.4, -0.2) is 49.2 Å². The Hall–Kier alpha value is -3.82. The van der Waals surface area contributed by atoms with E-state index < -0.39 is 5.97 Å². The third kappa shape index (κ3) is 3.72. The molecule has 3 heterocycles. The number of carbonyl (C=O) groups is 1. The Labute approximate surface area is 177 Å². The molecular formula is C21H21FN6O3. The van der Waals surface area contributed by atoms with Crippen molar-refractivity contribution >= 4 is 17.0 Å². The van der Waals surface area contributed by atoms with Gasteiger partial charge in [0.2, 0.25) is 5.88 Å². The minimum atomic E-state index is -0.474. The summed E-state index contributed by atoms with van der Waals surface area (Å²) in [5, 5.41) is 8.61. The van der Waals surface area contributed by atoms with E-state index in [0.29, 0.717) is 28.0 Å². The van der Waals surface area contributed by atoms with Crippen molar-refractivity contribution in [2.75, 3.05) is 13.7 Å². The van der Waals surface area contributed by atoms with Crippen molar-refractivity contribution < 1.29 is 18.7 Å². The molecule has 0 radical (unpaired) electrons. The Balaban J connectivity index is 1.75. The number of ether oxygens (including phenoxy) is 2. The second kappa shape index (κ2) is 8.13. The van der Waals surface area contributed by atoms with Crippen molar-refractivity contribution in [1.82, 2.24) is 29.5 Å². The van der Waals surface area contributed by atoms with Gasteiger partial charge in [0.1, 0.15) is 16.9 Å². The molecule has 0 spiro atoms. The molecule has 9 nitrogen and oxygen atoms in total. The molecule has 0 bridgehead atoms. The summed E-state index contributed by atoms with van der Waals surface area (Å²) in [7, 11) is 1.50. The van der Waals surface area contributed by atoms with Gasteiger partial charge in [-0.3, -0.25) is 4.68 Å². The molecule has 0 saturated carbocycles. The third-order valence-electron chi connectivity index (χ3n) is 4.92. The number of halogens is 1. The van der Waals surface area contributed by atoms with Gasteiger partial charge in [0.25, 0.3) is 5.95 Å². The Morgan fingerprint density at radius 1 is 1.23 bits per heavy atom. The quantitative estimate of drug-likeness (QED) is 0.438. The van der Waals surface area contributed by atoms with Gasteiger partial charge in [-0.2, -0.15) is 15.2 Å². The van der Waals surface area contributed by atoms with Crippen LogP contribution in [-0.2, 0) is 4.74 Å². The monoisotopic (exact) mass is 424 g/mol. The lowest BCUT2D eigenvalue weighted by atomic mass is 10.1. The van der Waals surface area contributed by atoms with Crippen LogP contribution in [0.2, 0.25) is 0 Å². The molecule has 3 aromatic heterocycles. The fourth-order valence-corrected chi connectivity index (χ4v) is 3.28. The van der Waals surface area contributed by atoms with E-state index in [2.05, 4.69) is 20.2 Å². The predicted octanol–water partition coefficient (Wildman–Crippen LogP) is 3.25. The van der Waals surface area contributed by atoms with Crippen LogP contribution in [0.4, 0.5) is 4.39 Å². The minimum absolute atomic E-state index is 0.208. The summed E-state index contributed by atoms with van der Waals surface area (Å²) in [5.41, 5.74) is 2.88. The highest BCUT2D eigenvalue weighted by atomic mass is 19.1. The van der Waals surface area contributed by atoms with E-state index in [-0.39, 0.29) is 24.4 Å². The maximum atomic E-state index is 13.7. The van der Waals surface area contributed by atoms with Crippen LogP contribution in [0.25, 0.3) is 17.0 Å². The van der Waals surface area contributed by atoms with Crippen LogP contribution in [0.1, 0.15) is 41.4 Å². The third-order valence-corrected chi connectivity index (χ3v) is 4.92. The number of rotatable bonds is 6. The van der Waals surface area contributed by atoms with E-state index in [1.54, 1.807) is 36.9 Å². The fraction of sp³-hybridized carbons (Fsp3) is 0.286. The molecule has 160 valence electrons. The zero-order valence-corrected chi connectivity index (χ0v) is 17.5. The van der Waals surface area contributed by atoms with Crippen molar-refractivity contribution in [3.05, 3.63) is 59.3 Å². The smallest absolute Gasteiger partial charge is 0.341 e. The number of aromatic nitrogens is 6. The SMILES string of the molecule is CCOC(=O)c1cnn(-c2nc(OC)c3c(cnn3C(C)c3ccc(F)c(C)c3)n2)c1. The number of nitrogens with zero attached hydrogens (tertiary/aromatic N) is 6. The molecule has 1 unspecified atom stereocenters. The van der Waals surface area contributed by atoms with Crippen LogP contribution in [0.5, 0.6) is 5.88 Å². The number of methoxy groups -OCH3 is 1. The summed E-state index contributed by atoms with van der Waals surface area (Å²) < 4.78 is 27.3. The number of fused-ring (bicyclic) bond motifs is 1. The van der Waals surface area contributed by atoms with E-state index in [9.17, 15) is 9.18 Å². The number of benzene rings is 1. The van der Waals surface area contributed by atoms with Crippen LogP contribution in [0, 0.1) is 12.7 Å². The average molecular weight is 424 g/mol. The van der Waals surface area contributed by atoms with Gasteiger partial charge >= 0.3 is 5.97 Å². The number of hydrogen-bond donors (Lipinski definition) is 0. The highest BCUT2D eigenvalue weighted by Crippen LogP contribution is 2.29. The summed E-state index contributed by atoms with van der Waals surface area (Å²) in [4.78, 5) is 20.9. The summed E-state index contributed by atoms with van der Waals surface area (Å²) in [5.74, 6) is -0.202. The van der Waals surface area contributed by atoms with E-state index in [1.807, 2.05) is 6.92 Å². The first-order valence-electron chi connectivity index (χ1n) is 9.70. The Bertz CT molecular complexity index is 1270. The molecule has 31 heavy (non-hydrogen) atoms. The Morgan fingerprint density at radius 2 is 2.03 bits per heavy atom. The molecule has 1 aromatic carbocycles. The Morgan fingerprint density at radius 3 is 2.74 bits per heavy atom. The van der Waals surface area contributed by atoms with Crippen LogP contribution in [0.3, 0.4) is 0 Å². The van der Waals surface area contributed by atoms with Gasteiger partial charge in [0, 0.05) is 6.20 Å². The van der Waals surface area contributed by atoms with E-state index >= 15 is 0 Å². The van der Waals surface area contributed by atoms with Crippen molar-refractivity contribution in [1.29, 1.82) is 0 Å². The van der Waals surface area contributed by atoms with Crippen LogP contribution in [0.15, 0.2) is 36.8 Å². The molecule has 0 amide bonds. The summed E-state index contributed by atoms with van der Waals surface area (Å²) in [6.45, 7) is 5.67. The Kier molecular flexibility index (Phi) is 5.37. The molecule has 0 saturated heterocycles. The zero-order valence-electron chi connectivity index (χ0n) is 17.5.